The number of aromatic nitrogens is 2. The largest absolute Gasteiger partial charge is 0.416 e. The van der Waals surface area contributed by atoms with Crippen LogP contribution >= 0.6 is 11.3 Å². The molecule has 4 aromatic rings. The van der Waals surface area contributed by atoms with E-state index in [1.54, 1.807) is 10.7 Å². The number of alkyl halides is 3. The Morgan fingerprint density at radius 1 is 1.11 bits per heavy atom. The van der Waals surface area contributed by atoms with Gasteiger partial charge < -0.3 is 15.7 Å². The van der Waals surface area contributed by atoms with Crippen molar-refractivity contribution in [3.8, 4) is 11.3 Å². The summed E-state index contributed by atoms with van der Waals surface area (Å²) in [4.78, 5) is 14.8. The number of nitrogens with zero attached hydrogens (tertiary/aromatic N) is 4. The lowest BCUT2D eigenvalue weighted by molar-refractivity contribution is -0.137. The fourth-order valence-corrected chi connectivity index (χ4v) is 8.54. The van der Waals surface area contributed by atoms with Gasteiger partial charge in [0.15, 0.2) is 0 Å². The van der Waals surface area contributed by atoms with Crippen LogP contribution in [-0.4, -0.2) is 77.0 Å². The van der Waals surface area contributed by atoms with Crippen molar-refractivity contribution >= 4 is 37.4 Å². The molecule has 0 aliphatic carbocycles. The maximum Gasteiger partial charge on any atom is 0.416 e. The molecule has 0 saturated carbocycles. The number of carbonyl (C=O) groups excluding carboxylic acids is 1. The minimum atomic E-state index is -4.50. The number of hydrogen-bond donors (Lipinski definition) is 2. The van der Waals surface area contributed by atoms with Crippen LogP contribution in [0, 0.1) is 5.82 Å². The smallest absolute Gasteiger partial charge is 0.390 e. The van der Waals surface area contributed by atoms with E-state index in [-0.39, 0.29) is 31.4 Å². The van der Waals surface area contributed by atoms with Gasteiger partial charge in [-0.15, -0.1) is 11.3 Å². The van der Waals surface area contributed by atoms with E-state index < -0.39 is 33.8 Å². The number of thiophene rings is 1. The summed E-state index contributed by atoms with van der Waals surface area (Å²) < 4.78 is 81.7. The summed E-state index contributed by atoms with van der Waals surface area (Å²) in [6, 6.07) is 9.08. The van der Waals surface area contributed by atoms with Gasteiger partial charge >= 0.3 is 6.18 Å². The summed E-state index contributed by atoms with van der Waals surface area (Å²) in [6.45, 7) is 2.01. The Bertz CT molecular complexity index is 1880. The number of piperidine rings is 1. The first-order valence-corrected chi connectivity index (χ1v) is 17.5. The molecule has 1 fully saturated rings. The van der Waals surface area contributed by atoms with Gasteiger partial charge in [-0.3, -0.25) is 9.48 Å². The number of likely N-dealkylation sites (tertiary alicyclic amines) is 1. The fraction of sp³-hybridized carbons (Fsp3) is 0.419. The summed E-state index contributed by atoms with van der Waals surface area (Å²) >= 11 is 1.20. The molecule has 0 spiro atoms. The Kier molecular flexibility index (Phi) is 8.74. The molecule has 246 valence electrons. The van der Waals surface area contributed by atoms with Crippen molar-refractivity contribution in [2.75, 3.05) is 32.4 Å². The molecule has 2 aliphatic rings. The zero-order valence-corrected chi connectivity index (χ0v) is 26.6. The predicted molar refractivity (Wildman–Crippen MR) is 166 cm³/mol. The van der Waals surface area contributed by atoms with Gasteiger partial charge in [-0.2, -0.15) is 22.6 Å². The molecule has 1 atom stereocenters. The molecule has 1 amide bonds. The van der Waals surface area contributed by atoms with Gasteiger partial charge in [-0.1, -0.05) is 18.2 Å². The third-order valence-electron chi connectivity index (χ3n) is 8.82. The lowest BCUT2D eigenvalue weighted by Crippen LogP contribution is -2.40. The van der Waals surface area contributed by atoms with Crippen LogP contribution in [0.15, 0.2) is 42.5 Å². The molecule has 0 bridgehead atoms. The van der Waals surface area contributed by atoms with Crippen LogP contribution in [0.1, 0.15) is 50.8 Å². The highest BCUT2D eigenvalue weighted by molar-refractivity contribution is 7.88. The van der Waals surface area contributed by atoms with E-state index in [1.165, 1.54) is 39.9 Å². The lowest BCUT2D eigenvalue weighted by atomic mass is 9.87. The summed E-state index contributed by atoms with van der Waals surface area (Å²) in [6.07, 6.45) is -2.44. The van der Waals surface area contributed by atoms with Crippen LogP contribution in [0.4, 0.5) is 17.6 Å². The second-order valence-electron chi connectivity index (χ2n) is 12.0. The Morgan fingerprint density at radius 2 is 1.80 bits per heavy atom. The van der Waals surface area contributed by atoms with Crippen LogP contribution in [0.25, 0.3) is 21.3 Å². The zero-order valence-electron chi connectivity index (χ0n) is 24.9. The number of primary amides is 1. The monoisotopic (exact) mass is 679 g/mol. The fourth-order valence-electron chi connectivity index (χ4n) is 6.59. The van der Waals surface area contributed by atoms with E-state index in [0.29, 0.717) is 65.3 Å². The number of aliphatic hydroxyl groups is 1. The Morgan fingerprint density at radius 3 is 2.43 bits per heavy atom. The highest BCUT2D eigenvalue weighted by Gasteiger charge is 2.33. The van der Waals surface area contributed by atoms with Crippen molar-refractivity contribution in [1.82, 2.24) is 19.0 Å². The molecule has 1 unspecified atom stereocenters. The predicted octanol–water partition coefficient (Wildman–Crippen LogP) is 4.58. The third kappa shape index (κ3) is 6.56. The molecule has 4 heterocycles. The molecular formula is C31H33F4N5O4S2. The highest BCUT2D eigenvalue weighted by atomic mass is 32.2. The normalized spacial score (nSPS) is 17.8. The topological polar surface area (TPSA) is 122 Å². The molecule has 2 aromatic carbocycles. The van der Waals surface area contributed by atoms with Crippen LogP contribution in [-0.2, 0) is 35.7 Å². The average Bonchev–Trinajstić information content (AvgIpc) is 3.55. The van der Waals surface area contributed by atoms with Crippen molar-refractivity contribution < 1.29 is 35.9 Å². The second-order valence-corrected chi connectivity index (χ2v) is 15.0. The number of hydrogen-bond acceptors (Lipinski definition) is 7. The molecule has 9 nitrogen and oxygen atoms in total. The van der Waals surface area contributed by atoms with Crippen molar-refractivity contribution in [1.29, 1.82) is 0 Å². The van der Waals surface area contributed by atoms with Gasteiger partial charge in [0.1, 0.15) is 5.82 Å². The quantitative estimate of drug-likeness (QED) is 0.263. The van der Waals surface area contributed by atoms with Crippen LogP contribution in [0.5, 0.6) is 0 Å². The van der Waals surface area contributed by atoms with Gasteiger partial charge in [0, 0.05) is 47.6 Å². The number of rotatable bonds is 8. The SMILES string of the molecule is CS(=O)(=O)N1CCc2c(c(-c3ccc(C(F)(F)F)cc3)nn2CC(O)CN2CCC(c3c(C(N)=O)sc4cc(F)ccc34)CC2)C1. The number of nitrogens with two attached hydrogens (primary N) is 1. The Balaban J connectivity index is 1.18. The van der Waals surface area contributed by atoms with Crippen molar-refractivity contribution in [2.24, 2.45) is 5.73 Å². The molecule has 2 aliphatic heterocycles. The molecule has 0 radical (unpaired) electrons. The van der Waals surface area contributed by atoms with E-state index in [1.807, 2.05) is 0 Å². The number of aliphatic hydroxyl groups excluding tert-OH is 1. The van der Waals surface area contributed by atoms with E-state index in [0.717, 1.165) is 35.0 Å². The molecule has 6 rings (SSSR count). The Hall–Kier alpha value is -3.37. The number of halogens is 4. The molecule has 3 N–H and O–H groups in total. The number of benzene rings is 2. The van der Waals surface area contributed by atoms with Gasteiger partial charge in [-0.05, 0) is 67.1 Å². The summed E-state index contributed by atoms with van der Waals surface area (Å²) in [5.74, 6) is -0.859. The molecular weight excluding hydrogens is 646 g/mol. The van der Waals surface area contributed by atoms with E-state index in [9.17, 15) is 35.9 Å². The number of amides is 1. The molecule has 15 heteroatoms. The first kappa shape index (κ1) is 32.6. The van der Waals surface area contributed by atoms with E-state index in [4.69, 9.17) is 5.73 Å². The molecule has 2 aromatic heterocycles. The zero-order chi connectivity index (χ0) is 33.0. The van der Waals surface area contributed by atoms with Crippen LogP contribution in [0.2, 0.25) is 0 Å². The molecule has 1 saturated heterocycles. The van der Waals surface area contributed by atoms with E-state index in [2.05, 4.69) is 10.00 Å². The highest BCUT2D eigenvalue weighted by Crippen LogP contribution is 2.41. The van der Waals surface area contributed by atoms with E-state index >= 15 is 0 Å². The second kappa shape index (κ2) is 12.3. The third-order valence-corrected chi connectivity index (χ3v) is 11.2. The first-order chi connectivity index (χ1) is 21.7. The van der Waals surface area contributed by atoms with Crippen LogP contribution in [0.3, 0.4) is 0 Å². The van der Waals surface area contributed by atoms with Gasteiger partial charge in [0.05, 0.1) is 35.0 Å². The minimum Gasteiger partial charge on any atom is -0.390 e. The first-order valence-electron chi connectivity index (χ1n) is 14.8. The van der Waals surface area contributed by atoms with Crippen molar-refractivity contribution in [3.63, 3.8) is 0 Å². The van der Waals surface area contributed by atoms with Crippen LogP contribution < -0.4 is 5.73 Å². The minimum absolute atomic E-state index is 0.0331. The van der Waals surface area contributed by atoms with Crippen molar-refractivity contribution in [2.45, 2.75) is 50.6 Å². The number of β-amino-alcohol motifs (C(OH)–C–C–N with tert-alkyl or cyclic N) is 1. The van der Waals surface area contributed by atoms with Gasteiger partial charge in [-0.25, -0.2) is 12.8 Å². The van der Waals surface area contributed by atoms with Gasteiger partial charge in [0.2, 0.25) is 10.0 Å². The number of sulfonamides is 1. The maximum absolute atomic E-state index is 13.8. The summed E-state index contributed by atoms with van der Waals surface area (Å²) in [5.41, 5.74) is 7.90. The standard InChI is InChI=1S/C31H33F4N5O4S2/c1-46(43,44)39-13-10-25-24(17-39)28(19-2-4-20(5-3-19)31(33,34)35)37-40(25)16-22(41)15-38-11-8-18(9-12-38)27-23-7-6-21(32)14-26(23)45-29(27)30(36)42/h2-7,14,18,22,41H,8-13,15-17H2,1H3,(H2,36,42). The molecule has 46 heavy (non-hydrogen) atoms. The summed E-state index contributed by atoms with van der Waals surface area (Å²) in [7, 11) is -3.52. The lowest BCUT2D eigenvalue weighted by Gasteiger charge is -2.33. The van der Waals surface area contributed by atoms with Gasteiger partial charge in [0.25, 0.3) is 5.91 Å². The Labute approximate surface area is 267 Å². The summed E-state index contributed by atoms with van der Waals surface area (Å²) in [5, 5.41) is 16.7. The van der Waals surface area contributed by atoms with Crippen molar-refractivity contribution in [3.05, 3.63) is 75.5 Å². The maximum atomic E-state index is 13.8. The average molecular weight is 680 g/mol. The number of carbonyl (C=O) groups is 1. The number of fused-ring (bicyclic) bond motifs is 2.